The van der Waals surface area contributed by atoms with E-state index < -0.39 is 10.0 Å². The quantitative estimate of drug-likeness (QED) is 0.129. The molecule has 13 rings (SSSR count). The lowest BCUT2D eigenvalue weighted by Crippen LogP contribution is -2.10. The fourth-order valence-corrected chi connectivity index (χ4v) is 15.0. The predicted octanol–water partition coefficient (Wildman–Crippen LogP) is 18.5. The standard InChI is InChI=1S/C67H50N2S/c1-6-20-48(21-7-1)47-70(57-29-12-4-13-30-57,58-31-14-5-15-32-58)59-33-19-28-56(46-59)69-66-41-38-53(52-37-40-65-62(43-52)60-34-16-17-35-64(60)68(65)55-26-10-3-11-27-55)44-63(66)61-39-36-54(45-67(61)69)51-25-18-24-50(42-51)49-22-8-2-9-23-49/h1-4,6-14,16-46H,5,15,47H2. The average molecular weight is 915 g/mol. The highest BCUT2D eigenvalue weighted by Crippen LogP contribution is 2.71. The van der Waals surface area contributed by atoms with Gasteiger partial charge in [0.2, 0.25) is 0 Å². The van der Waals surface area contributed by atoms with Gasteiger partial charge < -0.3 is 9.13 Å². The van der Waals surface area contributed by atoms with Crippen molar-refractivity contribution in [1.82, 2.24) is 9.13 Å². The number of nitrogens with zero attached hydrogens (tertiary/aromatic N) is 2. The van der Waals surface area contributed by atoms with Crippen LogP contribution in [-0.2, 0) is 5.75 Å². The van der Waals surface area contributed by atoms with E-state index >= 15 is 0 Å². The van der Waals surface area contributed by atoms with Crippen molar-refractivity contribution in [2.75, 3.05) is 0 Å². The highest BCUT2D eigenvalue weighted by molar-refractivity contribution is 8.36. The summed E-state index contributed by atoms with van der Waals surface area (Å²) in [5.74, 6) is 0.921. The highest BCUT2D eigenvalue weighted by Gasteiger charge is 2.33. The molecule has 70 heavy (non-hydrogen) atoms. The first-order chi connectivity index (χ1) is 34.7. The Morgan fingerprint density at radius 1 is 0.329 bits per heavy atom. The molecule has 2 heterocycles. The normalized spacial score (nSPS) is 14.0. The van der Waals surface area contributed by atoms with Gasteiger partial charge in [-0.1, -0.05) is 182 Å². The summed E-state index contributed by atoms with van der Waals surface area (Å²) in [6.07, 6.45) is 9.45. The van der Waals surface area contributed by atoms with Crippen molar-refractivity contribution in [3.05, 3.63) is 277 Å². The van der Waals surface area contributed by atoms with Gasteiger partial charge >= 0.3 is 0 Å². The van der Waals surface area contributed by atoms with E-state index in [2.05, 4.69) is 276 Å². The molecule has 0 fully saturated rings. The van der Waals surface area contributed by atoms with Gasteiger partial charge in [-0.05, 0) is 147 Å². The minimum Gasteiger partial charge on any atom is -0.309 e. The third-order valence-corrected chi connectivity index (χ3v) is 18.3. The monoisotopic (exact) mass is 914 g/mol. The van der Waals surface area contributed by atoms with Crippen LogP contribution in [0.5, 0.6) is 0 Å². The molecule has 0 N–H and O–H groups in total. The number of aromatic nitrogens is 2. The molecule has 0 aliphatic heterocycles. The molecule has 0 radical (unpaired) electrons. The van der Waals surface area contributed by atoms with Gasteiger partial charge in [-0.15, -0.1) is 0 Å². The largest absolute Gasteiger partial charge is 0.309 e. The van der Waals surface area contributed by atoms with Gasteiger partial charge in [0.05, 0.1) is 22.1 Å². The fraction of sp³-hybridized carbons (Fsp3) is 0.0448. The van der Waals surface area contributed by atoms with E-state index in [0.717, 1.165) is 24.3 Å². The van der Waals surface area contributed by atoms with Crippen molar-refractivity contribution in [2.45, 2.75) is 28.4 Å². The molecule has 10 aromatic carbocycles. The third-order valence-electron chi connectivity index (χ3n) is 14.3. The molecule has 0 saturated heterocycles. The molecule has 1 aliphatic rings. The van der Waals surface area contributed by atoms with Gasteiger partial charge in [0.1, 0.15) is 0 Å². The van der Waals surface area contributed by atoms with Crippen LogP contribution in [0.4, 0.5) is 0 Å². The van der Waals surface area contributed by atoms with Crippen LogP contribution >= 0.6 is 10.0 Å². The van der Waals surface area contributed by atoms with Crippen LogP contribution in [0.1, 0.15) is 18.4 Å². The Morgan fingerprint density at radius 3 is 1.56 bits per heavy atom. The molecule has 1 atom stereocenters. The summed E-state index contributed by atoms with van der Waals surface area (Å²) in [4.78, 5) is 4.17. The van der Waals surface area contributed by atoms with Crippen LogP contribution in [0.15, 0.2) is 282 Å². The molecule has 2 nitrogen and oxygen atoms in total. The third kappa shape index (κ3) is 7.21. The van der Waals surface area contributed by atoms with E-state index in [4.69, 9.17) is 0 Å². The second-order valence-corrected chi connectivity index (χ2v) is 21.6. The number of hydrogen-bond donors (Lipinski definition) is 0. The van der Waals surface area contributed by atoms with Crippen molar-refractivity contribution in [3.63, 3.8) is 0 Å². The molecule has 0 spiro atoms. The number of benzene rings is 10. The van der Waals surface area contributed by atoms with Gasteiger partial charge in [0.25, 0.3) is 0 Å². The zero-order valence-electron chi connectivity index (χ0n) is 38.8. The van der Waals surface area contributed by atoms with Crippen LogP contribution < -0.4 is 0 Å². The van der Waals surface area contributed by atoms with Crippen LogP contribution in [0.25, 0.3) is 88.4 Å². The second kappa shape index (κ2) is 17.6. The zero-order valence-corrected chi connectivity index (χ0v) is 39.6. The lowest BCUT2D eigenvalue weighted by molar-refractivity contribution is 1.03. The molecule has 2 aromatic heterocycles. The van der Waals surface area contributed by atoms with E-state index in [1.54, 1.807) is 0 Å². The SMILES string of the molecule is C1=CC(S(Cc2ccccc2)(c2ccccc2)c2cccc(-n3c4ccc(-c5ccc6c(c5)c5ccccc5n6-c5ccccc5)cc4c4ccc(-c5cccc(-c6ccccc6)c5)cc43)c2)=CCC1. The average Bonchev–Trinajstić information content (AvgIpc) is 3.95. The minimum atomic E-state index is -1.74. The van der Waals surface area contributed by atoms with Gasteiger partial charge in [0, 0.05) is 43.6 Å². The number of fused-ring (bicyclic) bond motifs is 6. The Hall–Kier alpha value is -8.37. The predicted molar refractivity (Wildman–Crippen MR) is 299 cm³/mol. The smallest absolute Gasteiger partial charge is 0.0547 e. The first-order valence-electron chi connectivity index (χ1n) is 24.4. The number of rotatable bonds is 10. The molecule has 334 valence electrons. The number of hydrogen-bond acceptors (Lipinski definition) is 0. The van der Waals surface area contributed by atoms with Crippen molar-refractivity contribution in [1.29, 1.82) is 0 Å². The van der Waals surface area contributed by atoms with Crippen molar-refractivity contribution in [2.24, 2.45) is 0 Å². The van der Waals surface area contributed by atoms with Gasteiger partial charge in [0.15, 0.2) is 0 Å². The summed E-state index contributed by atoms with van der Waals surface area (Å²) in [6, 6.07) is 92.4. The van der Waals surface area contributed by atoms with E-state index in [1.165, 1.54) is 103 Å². The summed E-state index contributed by atoms with van der Waals surface area (Å²) in [5.41, 5.74) is 15.7. The van der Waals surface area contributed by atoms with Crippen molar-refractivity contribution < 1.29 is 0 Å². The summed E-state index contributed by atoms with van der Waals surface area (Å²) >= 11 is 0. The summed E-state index contributed by atoms with van der Waals surface area (Å²) in [6.45, 7) is 0. The Bertz CT molecular complexity index is 3960. The Labute approximate surface area is 411 Å². The molecule has 0 bridgehead atoms. The van der Waals surface area contributed by atoms with Crippen molar-refractivity contribution in [3.8, 4) is 44.8 Å². The first kappa shape index (κ1) is 41.8. The maximum Gasteiger partial charge on any atom is 0.0547 e. The van der Waals surface area contributed by atoms with E-state index in [1.807, 2.05) is 0 Å². The molecule has 1 unspecified atom stereocenters. The first-order valence-corrected chi connectivity index (χ1v) is 26.2. The molecule has 1 aliphatic carbocycles. The van der Waals surface area contributed by atoms with Crippen LogP contribution in [0.2, 0.25) is 0 Å². The molecular formula is C67H50N2S. The molecule has 0 saturated carbocycles. The Morgan fingerprint density at radius 2 is 0.843 bits per heavy atom. The van der Waals surface area contributed by atoms with Crippen LogP contribution in [0.3, 0.4) is 0 Å². The lowest BCUT2D eigenvalue weighted by Gasteiger charge is -2.43. The van der Waals surface area contributed by atoms with Crippen LogP contribution in [-0.4, -0.2) is 9.13 Å². The van der Waals surface area contributed by atoms with E-state index in [-0.39, 0.29) is 0 Å². The van der Waals surface area contributed by atoms with Crippen LogP contribution in [0, 0.1) is 0 Å². The van der Waals surface area contributed by atoms with Gasteiger partial charge in [-0.3, -0.25) is 0 Å². The number of allylic oxidation sites excluding steroid dienone is 3. The minimum absolute atomic E-state index is 0.921. The summed E-state index contributed by atoms with van der Waals surface area (Å²) in [7, 11) is -1.74. The molecule has 12 aromatic rings. The van der Waals surface area contributed by atoms with E-state index in [9.17, 15) is 0 Å². The van der Waals surface area contributed by atoms with Gasteiger partial charge in [-0.25, -0.2) is 0 Å². The fourth-order valence-electron chi connectivity index (χ4n) is 11.0. The van der Waals surface area contributed by atoms with Gasteiger partial charge in [-0.2, -0.15) is 10.0 Å². The van der Waals surface area contributed by atoms with Crippen molar-refractivity contribution >= 4 is 53.6 Å². The molecule has 3 heteroatoms. The molecular weight excluding hydrogens is 865 g/mol. The maximum absolute atomic E-state index is 2.53. The zero-order chi connectivity index (χ0) is 46.4. The highest BCUT2D eigenvalue weighted by atomic mass is 32.3. The van der Waals surface area contributed by atoms with E-state index in [0.29, 0.717) is 0 Å². The lowest BCUT2D eigenvalue weighted by atomic mass is 9.97. The maximum atomic E-state index is 2.53. The summed E-state index contributed by atoms with van der Waals surface area (Å²) < 4.78 is 4.92. The Balaban J connectivity index is 1.02. The second-order valence-electron chi connectivity index (χ2n) is 18.4. The topological polar surface area (TPSA) is 9.86 Å². The molecule has 0 amide bonds. The number of para-hydroxylation sites is 2. The Kier molecular flexibility index (Phi) is 10.5. The summed E-state index contributed by atoms with van der Waals surface area (Å²) in [5, 5.41) is 4.97.